The van der Waals surface area contributed by atoms with E-state index in [0.717, 1.165) is 5.56 Å². The van der Waals surface area contributed by atoms with Crippen LogP contribution in [0.5, 0.6) is 0 Å². The number of hydrogen-bond donors (Lipinski definition) is 1. The van der Waals surface area contributed by atoms with Gasteiger partial charge in [-0.3, -0.25) is 4.79 Å². The Morgan fingerprint density at radius 2 is 2.14 bits per heavy atom. The average Bonchev–Trinajstić information content (AvgIpc) is 2.86. The molecule has 0 aliphatic heterocycles. The molecule has 0 radical (unpaired) electrons. The van der Waals surface area contributed by atoms with Crippen LogP contribution in [0.15, 0.2) is 42.1 Å². The summed E-state index contributed by atoms with van der Waals surface area (Å²) in [7, 11) is 1.81. The monoisotopic (exact) mass is 320 g/mol. The van der Waals surface area contributed by atoms with Crippen LogP contribution in [0.3, 0.4) is 0 Å². The van der Waals surface area contributed by atoms with Crippen LogP contribution in [-0.4, -0.2) is 32.5 Å². The van der Waals surface area contributed by atoms with Gasteiger partial charge in [-0.2, -0.15) is 0 Å². The highest BCUT2D eigenvalue weighted by molar-refractivity contribution is 8.00. The van der Waals surface area contributed by atoms with Gasteiger partial charge in [-0.1, -0.05) is 17.8 Å². The van der Waals surface area contributed by atoms with Crippen LogP contribution in [0.2, 0.25) is 0 Å². The van der Waals surface area contributed by atoms with Gasteiger partial charge >= 0.3 is 0 Å². The summed E-state index contributed by atoms with van der Waals surface area (Å²) in [5, 5.41) is 11.3. The van der Waals surface area contributed by atoms with Crippen molar-refractivity contribution in [2.24, 2.45) is 7.05 Å². The molecule has 1 N–H and O–H groups in total. The SMILES string of the molecule is C=CCNC(=O)C(C)Sc1nnc(-c2ccc(F)cc2)n1C. The third-order valence-corrected chi connectivity index (χ3v) is 4.14. The van der Waals surface area contributed by atoms with Crippen LogP contribution < -0.4 is 5.32 Å². The largest absolute Gasteiger partial charge is 0.352 e. The minimum atomic E-state index is -0.302. The number of aromatic nitrogens is 3. The van der Waals surface area contributed by atoms with Crippen molar-refractivity contribution >= 4 is 17.7 Å². The molecule has 2 aromatic rings. The van der Waals surface area contributed by atoms with E-state index in [-0.39, 0.29) is 17.0 Å². The Kier molecular flexibility index (Phi) is 5.32. The number of carbonyl (C=O) groups is 1. The van der Waals surface area contributed by atoms with E-state index in [4.69, 9.17) is 0 Å². The first kappa shape index (κ1) is 16.2. The van der Waals surface area contributed by atoms with E-state index in [2.05, 4.69) is 22.1 Å². The summed E-state index contributed by atoms with van der Waals surface area (Å²) in [6.45, 7) is 5.79. The van der Waals surface area contributed by atoms with Crippen molar-refractivity contribution in [2.75, 3.05) is 6.54 Å². The molecule has 0 spiro atoms. The molecule has 1 aromatic carbocycles. The molecule has 1 atom stereocenters. The molecule has 22 heavy (non-hydrogen) atoms. The number of rotatable bonds is 6. The fourth-order valence-corrected chi connectivity index (χ4v) is 2.64. The highest BCUT2D eigenvalue weighted by atomic mass is 32.2. The number of thioether (sulfide) groups is 1. The molecule has 7 heteroatoms. The number of carbonyl (C=O) groups excluding carboxylic acids is 1. The Balaban J connectivity index is 2.12. The number of nitrogens with one attached hydrogen (secondary N) is 1. The summed E-state index contributed by atoms with van der Waals surface area (Å²) >= 11 is 1.32. The fraction of sp³-hybridized carbons (Fsp3) is 0.267. The van der Waals surface area contributed by atoms with Crippen molar-refractivity contribution in [1.82, 2.24) is 20.1 Å². The van der Waals surface area contributed by atoms with Gasteiger partial charge in [0.1, 0.15) is 5.82 Å². The van der Waals surface area contributed by atoms with Crippen molar-refractivity contribution < 1.29 is 9.18 Å². The van der Waals surface area contributed by atoms with Crippen molar-refractivity contribution in [3.8, 4) is 11.4 Å². The van der Waals surface area contributed by atoms with Crippen molar-refractivity contribution in [3.63, 3.8) is 0 Å². The summed E-state index contributed by atoms with van der Waals surface area (Å²) < 4.78 is 14.8. The third kappa shape index (κ3) is 3.73. The second-order valence-electron chi connectivity index (χ2n) is 4.67. The number of benzene rings is 1. The van der Waals surface area contributed by atoms with Crippen molar-refractivity contribution in [3.05, 3.63) is 42.7 Å². The lowest BCUT2D eigenvalue weighted by molar-refractivity contribution is -0.120. The number of halogens is 1. The smallest absolute Gasteiger partial charge is 0.233 e. The predicted molar refractivity (Wildman–Crippen MR) is 84.9 cm³/mol. The molecule has 1 heterocycles. The van der Waals surface area contributed by atoms with Gasteiger partial charge in [-0.05, 0) is 31.2 Å². The van der Waals surface area contributed by atoms with E-state index in [0.29, 0.717) is 17.5 Å². The Morgan fingerprint density at radius 1 is 1.45 bits per heavy atom. The van der Waals surface area contributed by atoms with E-state index in [1.165, 1.54) is 23.9 Å². The second kappa shape index (κ2) is 7.22. The quantitative estimate of drug-likeness (QED) is 0.656. The summed E-state index contributed by atoms with van der Waals surface area (Å²) in [6, 6.07) is 6.05. The normalized spacial score (nSPS) is 12.0. The lowest BCUT2D eigenvalue weighted by Gasteiger charge is -2.10. The Hall–Kier alpha value is -2.15. The van der Waals surface area contributed by atoms with E-state index >= 15 is 0 Å². The molecule has 116 valence electrons. The maximum absolute atomic E-state index is 13.0. The topological polar surface area (TPSA) is 59.8 Å². The molecule has 0 bridgehead atoms. The van der Waals surface area contributed by atoms with E-state index < -0.39 is 0 Å². The molecule has 0 saturated heterocycles. The standard InChI is InChI=1S/C15H17FN4OS/c1-4-9-17-14(21)10(2)22-15-19-18-13(20(15)3)11-5-7-12(16)8-6-11/h4-8,10H,1,9H2,2-3H3,(H,17,21). The van der Waals surface area contributed by atoms with Gasteiger partial charge in [0, 0.05) is 19.2 Å². The van der Waals surface area contributed by atoms with Crippen molar-refractivity contribution in [2.45, 2.75) is 17.3 Å². The van der Waals surface area contributed by atoms with E-state index in [9.17, 15) is 9.18 Å². The van der Waals surface area contributed by atoms with Crippen LogP contribution in [0.4, 0.5) is 4.39 Å². The zero-order valence-corrected chi connectivity index (χ0v) is 13.2. The first-order valence-electron chi connectivity index (χ1n) is 6.73. The predicted octanol–water partition coefficient (Wildman–Crippen LogP) is 2.40. The highest BCUT2D eigenvalue weighted by Crippen LogP contribution is 2.25. The summed E-state index contributed by atoms with van der Waals surface area (Å²) in [5.41, 5.74) is 0.770. The van der Waals surface area contributed by atoms with Crippen LogP contribution in [0, 0.1) is 5.82 Å². The molecule has 1 amide bonds. The maximum atomic E-state index is 13.0. The molecule has 0 aliphatic carbocycles. The zero-order chi connectivity index (χ0) is 16.1. The number of nitrogens with zero attached hydrogens (tertiary/aromatic N) is 3. The molecule has 1 unspecified atom stereocenters. The maximum Gasteiger partial charge on any atom is 0.233 e. The minimum Gasteiger partial charge on any atom is -0.352 e. The molecular weight excluding hydrogens is 303 g/mol. The van der Waals surface area contributed by atoms with Crippen molar-refractivity contribution in [1.29, 1.82) is 0 Å². The second-order valence-corrected chi connectivity index (χ2v) is 5.97. The number of hydrogen-bond acceptors (Lipinski definition) is 4. The van der Waals surface area contributed by atoms with Gasteiger partial charge in [-0.15, -0.1) is 16.8 Å². The summed E-state index contributed by atoms with van der Waals surface area (Å²) in [4.78, 5) is 11.9. The van der Waals surface area contributed by atoms with Crippen LogP contribution in [0.1, 0.15) is 6.92 Å². The summed E-state index contributed by atoms with van der Waals surface area (Å²) in [5.74, 6) is 0.241. The molecular formula is C15H17FN4OS. The van der Waals surface area contributed by atoms with Crippen LogP contribution in [-0.2, 0) is 11.8 Å². The lowest BCUT2D eigenvalue weighted by Crippen LogP contribution is -2.31. The molecule has 0 saturated carbocycles. The van der Waals surface area contributed by atoms with E-state index in [1.54, 1.807) is 29.7 Å². The number of amides is 1. The Morgan fingerprint density at radius 3 is 2.77 bits per heavy atom. The molecule has 5 nitrogen and oxygen atoms in total. The van der Waals surface area contributed by atoms with Gasteiger partial charge in [-0.25, -0.2) is 4.39 Å². The van der Waals surface area contributed by atoms with Crippen LogP contribution >= 0.6 is 11.8 Å². The lowest BCUT2D eigenvalue weighted by atomic mass is 10.2. The fourth-order valence-electron chi connectivity index (χ4n) is 1.80. The molecule has 0 aliphatic rings. The third-order valence-electron chi connectivity index (χ3n) is 3.01. The summed E-state index contributed by atoms with van der Waals surface area (Å²) in [6.07, 6.45) is 1.63. The highest BCUT2D eigenvalue weighted by Gasteiger charge is 2.18. The van der Waals surface area contributed by atoms with Crippen LogP contribution in [0.25, 0.3) is 11.4 Å². The van der Waals surface area contributed by atoms with Gasteiger partial charge in [0.2, 0.25) is 5.91 Å². The molecule has 2 rings (SSSR count). The zero-order valence-electron chi connectivity index (χ0n) is 12.4. The van der Waals surface area contributed by atoms with Gasteiger partial charge in [0.15, 0.2) is 11.0 Å². The molecule has 0 fully saturated rings. The first-order valence-corrected chi connectivity index (χ1v) is 7.61. The van der Waals surface area contributed by atoms with Gasteiger partial charge < -0.3 is 9.88 Å². The van der Waals surface area contributed by atoms with Gasteiger partial charge in [0.25, 0.3) is 0 Å². The average molecular weight is 320 g/mol. The molecule has 1 aromatic heterocycles. The minimum absolute atomic E-state index is 0.0868. The Labute approximate surface area is 132 Å². The first-order chi connectivity index (χ1) is 10.5. The Bertz CT molecular complexity index is 669. The van der Waals surface area contributed by atoms with Gasteiger partial charge in [0.05, 0.1) is 5.25 Å². The van der Waals surface area contributed by atoms with E-state index in [1.807, 2.05) is 7.05 Å².